The number of nitrogens with one attached hydrogen (secondary N) is 1. The molecule has 3 aliphatic rings. The molecule has 24 heavy (non-hydrogen) atoms. The number of hydrogen-bond acceptors (Lipinski definition) is 4. The lowest BCUT2D eigenvalue weighted by atomic mass is 9.93. The van der Waals surface area contributed by atoms with E-state index < -0.39 is 0 Å². The van der Waals surface area contributed by atoms with Crippen LogP contribution < -0.4 is 5.32 Å². The van der Waals surface area contributed by atoms with Crippen LogP contribution >= 0.6 is 0 Å². The monoisotopic (exact) mass is 321 g/mol. The summed E-state index contributed by atoms with van der Waals surface area (Å²) in [6, 6.07) is 5.00. The highest BCUT2D eigenvalue weighted by atomic mass is 15.3. The second-order valence-electron chi connectivity index (χ2n) is 7.80. The topological polar surface area (TPSA) is 66.0 Å². The van der Waals surface area contributed by atoms with Gasteiger partial charge in [-0.05, 0) is 50.4 Å². The Labute approximate surface area is 142 Å². The van der Waals surface area contributed by atoms with Gasteiger partial charge in [-0.1, -0.05) is 12.8 Å². The van der Waals surface area contributed by atoms with Crippen molar-refractivity contribution >= 4 is 11.5 Å². The molecule has 124 valence electrons. The second kappa shape index (κ2) is 5.47. The minimum atomic E-state index is 0.526. The van der Waals surface area contributed by atoms with Crippen molar-refractivity contribution in [2.75, 3.05) is 5.32 Å². The van der Waals surface area contributed by atoms with Gasteiger partial charge in [0.1, 0.15) is 17.5 Å². The zero-order valence-electron chi connectivity index (χ0n) is 13.9. The van der Waals surface area contributed by atoms with E-state index in [1.807, 2.05) is 4.52 Å². The van der Waals surface area contributed by atoms with Gasteiger partial charge >= 0.3 is 0 Å². The number of rotatable bonds is 5. The molecule has 2 aromatic heterocycles. The third-order valence-corrected chi connectivity index (χ3v) is 5.92. The Bertz CT molecular complexity index is 791. The van der Waals surface area contributed by atoms with Gasteiger partial charge in [-0.15, -0.1) is 0 Å². The Kier molecular flexibility index (Phi) is 3.26. The molecule has 5 rings (SSSR count). The van der Waals surface area contributed by atoms with E-state index in [2.05, 4.69) is 22.6 Å². The SMILES string of the molecule is N#Cc1cnn2c(NC3CCCC3)cc(C(C3CC3)C3CC3)nc12. The van der Waals surface area contributed by atoms with Gasteiger partial charge in [-0.25, -0.2) is 4.98 Å². The third kappa shape index (κ3) is 2.45. The maximum absolute atomic E-state index is 9.41. The molecule has 5 heteroatoms. The van der Waals surface area contributed by atoms with Crippen LogP contribution in [0, 0.1) is 23.2 Å². The maximum Gasteiger partial charge on any atom is 0.175 e. The van der Waals surface area contributed by atoms with Crippen molar-refractivity contribution in [1.29, 1.82) is 5.26 Å². The predicted octanol–water partition coefficient (Wildman–Crippen LogP) is 3.86. The van der Waals surface area contributed by atoms with E-state index in [9.17, 15) is 5.26 Å². The smallest absolute Gasteiger partial charge is 0.175 e. The zero-order chi connectivity index (χ0) is 16.1. The summed E-state index contributed by atoms with van der Waals surface area (Å²) in [6.45, 7) is 0. The Morgan fingerprint density at radius 1 is 1.12 bits per heavy atom. The van der Waals surface area contributed by atoms with E-state index in [4.69, 9.17) is 4.98 Å². The van der Waals surface area contributed by atoms with Crippen molar-refractivity contribution in [2.24, 2.45) is 11.8 Å². The molecule has 0 unspecified atom stereocenters. The minimum Gasteiger partial charge on any atom is -0.367 e. The molecule has 0 radical (unpaired) electrons. The van der Waals surface area contributed by atoms with Crippen LogP contribution in [-0.2, 0) is 0 Å². The van der Waals surface area contributed by atoms with E-state index >= 15 is 0 Å². The van der Waals surface area contributed by atoms with Gasteiger partial charge in [0.15, 0.2) is 5.65 Å². The largest absolute Gasteiger partial charge is 0.367 e. The van der Waals surface area contributed by atoms with Gasteiger partial charge in [-0.3, -0.25) is 0 Å². The van der Waals surface area contributed by atoms with Crippen LogP contribution in [0.5, 0.6) is 0 Å². The third-order valence-electron chi connectivity index (χ3n) is 5.92. The van der Waals surface area contributed by atoms with Crippen LogP contribution in [-0.4, -0.2) is 20.6 Å². The molecule has 0 bridgehead atoms. The first-order valence-corrected chi connectivity index (χ1v) is 9.39. The molecule has 1 N–H and O–H groups in total. The number of nitrogens with zero attached hydrogens (tertiary/aromatic N) is 4. The van der Waals surface area contributed by atoms with Crippen molar-refractivity contribution in [3.8, 4) is 6.07 Å². The summed E-state index contributed by atoms with van der Waals surface area (Å²) in [5, 5.41) is 17.5. The van der Waals surface area contributed by atoms with Crippen LogP contribution in [0.4, 0.5) is 5.82 Å². The van der Waals surface area contributed by atoms with Crippen molar-refractivity contribution in [1.82, 2.24) is 14.6 Å². The highest BCUT2D eigenvalue weighted by Crippen LogP contribution is 2.54. The van der Waals surface area contributed by atoms with Gasteiger partial charge in [0, 0.05) is 18.0 Å². The molecular formula is C19H23N5. The van der Waals surface area contributed by atoms with Gasteiger partial charge in [0.25, 0.3) is 0 Å². The van der Waals surface area contributed by atoms with Gasteiger partial charge < -0.3 is 5.32 Å². The van der Waals surface area contributed by atoms with Crippen molar-refractivity contribution in [2.45, 2.75) is 63.3 Å². The summed E-state index contributed by atoms with van der Waals surface area (Å²) in [4.78, 5) is 4.90. The minimum absolute atomic E-state index is 0.526. The molecule has 2 aromatic rings. The van der Waals surface area contributed by atoms with Crippen LogP contribution in [0.15, 0.2) is 12.3 Å². The molecule has 2 heterocycles. The summed E-state index contributed by atoms with van der Waals surface area (Å²) in [6.07, 6.45) is 12.0. The number of aromatic nitrogens is 3. The van der Waals surface area contributed by atoms with Gasteiger partial charge in [0.05, 0.1) is 11.9 Å². The molecule has 3 fully saturated rings. The fourth-order valence-corrected chi connectivity index (χ4v) is 4.39. The summed E-state index contributed by atoms with van der Waals surface area (Å²) in [5.74, 6) is 3.22. The number of fused-ring (bicyclic) bond motifs is 1. The zero-order valence-corrected chi connectivity index (χ0v) is 13.9. The maximum atomic E-state index is 9.41. The molecule has 3 saturated carbocycles. The van der Waals surface area contributed by atoms with Crippen molar-refractivity contribution in [3.05, 3.63) is 23.5 Å². The highest BCUT2D eigenvalue weighted by molar-refractivity contribution is 5.59. The fraction of sp³-hybridized carbons (Fsp3) is 0.632. The van der Waals surface area contributed by atoms with Crippen LogP contribution in [0.3, 0.4) is 0 Å². The first kappa shape index (κ1) is 14.3. The molecule has 0 spiro atoms. The van der Waals surface area contributed by atoms with Gasteiger partial charge in [-0.2, -0.15) is 14.9 Å². The van der Waals surface area contributed by atoms with E-state index in [1.165, 1.54) is 57.1 Å². The molecular weight excluding hydrogens is 298 g/mol. The Morgan fingerprint density at radius 3 is 2.46 bits per heavy atom. The standard InChI is InChI=1S/C19H23N5/c20-10-14-11-21-24-17(22-15-3-1-2-4-15)9-16(23-19(14)24)18(12-5-6-12)13-7-8-13/h9,11-13,15,18,22H,1-8H2. The number of hydrogen-bond donors (Lipinski definition) is 1. The van der Waals surface area contributed by atoms with Gasteiger partial charge in [0.2, 0.25) is 0 Å². The van der Waals surface area contributed by atoms with Crippen LogP contribution in [0.2, 0.25) is 0 Å². The average molecular weight is 321 g/mol. The van der Waals surface area contributed by atoms with E-state index in [1.54, 1.807) is 6.20 Å². The molecule has 0 aromatic carbocycles. The lowest BCUT2D eigenvalue weighted by Gasteiger charge is -2.19. The lowest BCUT2D eigenvalue weighted by Crippen LogP contribution is -2.19. The van der Waals surface area contributed by atoms with E-state index in [0.29, 0.717) is 17.5 Å². The predicted molar refractivity (Wildman–Crippen MR) is 91.8 cm³/mol. The highest BCUT2D eigenvalue weighted by Gasteiger charge is 2.43. The second-order valence-corrected chi connectivity index (χ2v) is 7.80. The van der Waals surface area contributed by atoms with E-state index in [0.717, 1.165) is 23.3 Å². The first-order valence-electron chi connectivity index (χ1n) is 9.39. The summed E-state index contributed by atoms with van der Waals surface area (Å²) < 4.78 is 1.83. The Morgan fingerprint density at radius 2 is 1.83 bits per heavy atom. The first-order chi connectivity index (χ1) is 11.8. The Balaban J connectivity index is 1.59. The van der Waals surface area contributed by atoms with Crippen LogP contribution in [0.1, 0.15) is 68.5 Å². The lowest BCUT2D eigenvalue weighted by molar-refractivity contribution is 0.524. The number of nitriles is 1. The number of anilines is 1. The fourth-order valence-electron chi connectivity index (χ4n) is 4.39. The molecule has 0 atom stereocenters. The van der Waals surface area contributed by atoms with Crippen molar-refractivity contribution in [3.63, 3.8) is 0 Å². The summed E-state index contributed by atoms with van der Waals surface area (Å²) in [7, 11) is 0. The molecule has 0 amide bonds. The summed E-state index contributed by atoms with van der Waals surface area (Å²) in [5.41, 5.74) is 2.49. The average Bonchev–Trinajstić information content (AvgIpc) is 3.51. The summed E-state index contributed by atoms with van der Waals surface area (Å²) >= 11 is 0. The normalized spacial score (nSPS) is 21.5. The quantitative estimate of drug-likeness (QED) is 0.908. The Hall–Kier alpha value is -2.09. The van der Waals surface area contributed by atoms with E-state index in [-0.39, 0.29) is 0 Å². The molecule has 0 aliphatic heterocycles. The molecule has 5 nitrogen and oxygen atoms in total. The molecule has 0 saturated heterocycles. The molecule has 3 aliphatic carbocycles. The van der Waals surface area contributed by atoms with Crippen molar-refractivity contribution < 1.29 is 0 Å². The van der Waals surface area contributed by atoms with Crippen LogP contribution in [0.25, 0.3) is 5.65 Å².